The quantitative estimate of drug-likeness (QED) is 0.307. The van der Waals surface area contributed by atoms with E-state index in [0.717, 1.165) is 0 Å². The highest BCUT2D eigenvalue weighted by Crippen LogP contribution is 2.16. The lowest BCUT2D eigenvalue weighted by atomic mass is 9.92. The maximum absolute atomic E-state index is 11.3. The predicted molar refractivity (Wildman–Crippen MR) is 67.5 cm³/mol. The van der Waals surface area contributed by atoms with Crippen LogP contribution in [0, 0.1) is 0 Å². The van der Waals surface area contributed by atoms with Crippen LogP contribution in [0.2, 0.25) is 0 Å². The van der Waals surface area contributed by atoms with Gasteiger partial charge in [0.1, 0.15) is 6.61 Å². The van der Waals surface area contributed by atoms with Gasteiger partial charge in [-0.2, -0.15) is 0 Å². The van der Waals surface area contributed by atoms with Crippen LogP contribution in [0.15, 0.2) is 12.2 Å². The average molecular weight is 275 g/mol. The van der Waals surface area contributed by atoms with E-state index in [2.05, 4.69) is 11.9 Å². The molecular formula is C12H21NO6. The summed E-state index contributed by atoms with van der Waals surface area (Å²) in [7, 11) is 0. The van der Waals surface area contributed by atoms with E-state index in [-0.39, 0.29) is 44.8 Å². The summed E-state index contributed by atoms with van der Waals surface area (Å²) >= 11 is 0. The lowest BCUT2D eigenvalue weighted by molar-refractivity contribution is -0.142. The Morgan fingerprint density at radius 1 is 1.26 bits per heavy atom. The number of aliphatic carboxylic acids is 1. The highest BCUT2D eigenvalue weighted by atomic mass is 16.5. The second-order valence-electron chi connectivity index (χ2n) is 4.33. The Hall–Kier alpha value is -1.44. The van der Waals surface area contributed by atoms with Crippen LogP contribution in [0.1, 0.15) is 19.8 Å². The lowest BCUT2D eigenvalue weighted by Gasteiger charge is -2.33. The number of aliphatic hydroxyl groups is 2. The van der Waals surface area contributed by atoms with E-state index in [4.69, 9.17) is 20.1 Å². The van der Waals surface area contributed by atoms with Crippen LogP contribution in [0.5, 0.6) is 0 Å². The van der Waals surface area contributed by atoms with E-state index in [9.17, 15) is 9.59 Å². The highest BCUT2D eigenvalue weighted by Gasteiger charge is 2.31. The molecule has 19 heavy (non-hydrogen) atoms. The van der Waals surface area contributed by atoms with Crippen LogP contribution in [-0.4, -0.2) is 59.2 Å². The zero-order valence-electron chi connectivity index (χ0n) is 11.0. The molecule has 0 aromatic rings. The third kappa shape index (κ3) is 6.90. The number of ether oxygens (including phenoxy) is 1. The van der Waals surface area contributed by atoms with Gasteiger partial charge in [-0.1, -0.05) is 6.58 Å². The average Bonchev–Trinajstić information content (AvgIpc) is 2.34. The Balaban J connectivity index is 4.73. The summed E-state index contributed by atoms with van der Waals surface area (Å²) in [6.07, 6.45) is 0.314. The molecule has 0 amide bonds. The number of carboxylic acids is 1. The molecule has 0 aromatic heterocycles. The van der Waals surface area contributed by atoms with E-state index >= 15 is 0 Å². The molecule has 0 atom stereocenters. The minimum atomic E-state index is -1.08. The standard InChI is InChI=1S/C12H21NO6/c1-9(2)11(18)19-8-12(3-5-14,4-6-15)13-7-10(16)17/h13-15H,1,3-8H2,2H3,(H,16,17). The molecule has 0 aliphatic heterocycles. The van der Waals surface area contributed by atoms with E-state index < -0.39 is 17.5 Å². The number of rotatable bonds is 10. The van der Waals surface area contributed by atoms with E-state index in [1.807, 2.05) is 0 Å². The van der Waals surface area contributed by atoms with Crippen LogP contribution in [-0.2, 0) is 14.3 Å². The largest absolute Gasteiger partial charge is 0.480 e. The Bertz CT molecular complexity index is 322. The Labute approximate surface area is 111 Å². The van der Waals surface area contributed by atoms with Gasteiger partial charge in [0.2, 0.25) is 0 Å². The maximum Gasteiger partial charge on any atom is 0.333 e. The smallest absolute Gasteiger partial charge is 0.333 e. The molecule has 0 radical (unpaired) electrons. The van der Waals surface area contributed by atoms with Gasteiger partial charge in [-0.25, -0.2) is 4.79 Å². The number of aliphatic hydroxyl groups excluding tert-OH is 2. The van der Waals surface area contributed by atoms with Gasteiger partial charge in [0.05, 0.1) is 12.1 Å². The molecule has 0 spiro atoms. The zero-order valence-corrected chi connectivity index (χ0v) is 11.0. The Morgan fingerprint density at radius 3 is 2.16 bits per heavy atom. The van der Waals surface area contributed by atoms with Crippen molar-refractivity contribution in [3.8, 4) is 0 Å². The molecule has 0 aliphatic carbocycles. The van der Waals surface area contributed by atoms with Gasteiger partial charge < -0.3 is 20.1 Å². The van der Waals surface area contributed by atoms with Crippen molar-refractivity contribution in [1.29, 1.82) is 0 Å². The first-order chi connectivity index (χ1) is 8.87. The summed E-state index contributed by atoms with van der Waals surface area (Å²) in [5.41, 5.74) is -0.743. The SMILES string of the molecule is C=C(C)C(=O)OCC(CCO)(CCO)NCC(=O)O. The molecule has 4 N–H and O–H groups in total. The molecule has 0 bridgehead atoms. The molecule has 0 unspecified atom stereocenters. The number of nitrogens with one attached hydrogen (secondary N) is 1. The number of carbonyl (C=O) groups is 2. The van der Waals surface area contributed by atoms with Gasteiger partial charge in [0, 0.05) is 18.8 Å². The first-order valence-corrected chi connectivity index (χ1v) is 5.88. The lowest BCUT2D eigenvalue weighted by Crippen LogP contribution is -2.52. The van der Waals surface area contributed by atoms with Gasteiger partial charge >= 0.3 is 11.9 Å². The first-order valence-electron chi connectivity index (χ1n) is 5.88. The third-order valence-electron chi connectivity index (χ3n) is 2.62. The second-order valence-corrected chi connectivity index (χ2v) is 4.33. The van der Waals surface area contributed by atoms with Crippen molar-refractivity contribution in [2.24, 2.45) is 0 Å². The monoisotopic (exact) mass is 275 g/mol. The van der Waals surface area contributed by atoms with Crippen LogP contribution >= 0.6 is 0 Å². The highest BCUT2D eigenvalue weighted by molar-refractivity contribution is 5.86. The molecule has 0 saturated carbocycles. The molecule has 0 fully saturated rings. The van der Waals surface area contributed by atoms with Crippen LogP contribution in [0.3, 0.4) is 0 Å². The molecule has 7 heteroatoms. The molecule has 7 nitrogen and oxygen atoms in total. The van der Waals surface area contributed by atoms with Crippen molar-refractivity contribution in [3.05, 3.63) is 12.2 Å². The summed E-state index contributed by atoms with van der Waals surface area (Å²) < 4.78 is 4.99. The van der Waals surface area contributed by atoms with E-state index in [1.165, 1.54) is 6.92 Å². The maximum atomic E-state index is 11.3. The fourth-order valence-corrected chi connectivity index (χ4v) is 1.52. The number of hydrogen-bond donors (Lipinski definition) is 4. The normalized spacial score (nSPS) is 11.1. The molecule has 0 saturated heterocycles. The molecule has 110 valence electrons. The van der Waals surface area contributed by atoms with Crippen molar-refractivity contribution in [2.75, 3.05) is 26.4 Å². The molecular weight excluding hydrogens is 254 g/mol. The summed E-state index contributed by atoms with van der Waals surface area (Å²) in [4.78, 5) is 21.9. The van der Waals surface area contributed by atoms with Crippen molar-refractivity contribution in [2.45, 2.75) is 25.3 Å². The van der Waals surface area contributed by atoms with Crippen molar-refractivity contribution in [1.82, 2.24) is 5.32 Å². The van der Waals surface area contributed by atoms with Gasteiger partial charge in [0.25, 0.3) is 0 Å². The predicted octanol–water partition coefficient (Wildman–Crippen LogP) is -0.716. The zero-order chi connectivity index (χ0) is 14.9. The molecule has 0 aliphatic rings. The van der Waals surface area contributed by atoms with Gasteiger partial charge in [-0.05, 0) is 19.8 Å². The van der Waals surface area contributed by atoms with E-state index in [0.29, 0.717) is 0 Å². The summed E-state index contributed by atoms with van der Waals surface area (Å²) in [5, 5.41) is 29.5. The van der Waals surface area contributed by atoms with E-state index in [1.54, 1.807) is 0 Å². The second kappa shape index (κ2) is 8.63. The van der Waals surface area contributed by atoms with Crippen molar-refractivity contribution < 1.29 is 29.6 Å². The van der Waals surface area contributed by atoms with Gasteiger partial charge in [-0.3, -0.25) is 10.1 Å². The summed E-state index contributed by atoms with van der Waals surface area (Å²) in [5.74, 6) is -1.68. The first kappa shape index (κ1) is 17.6. The topological polar surface area (TPSA) is 116 Å². The van der Waals surface area contributed by atoms with Gasteiger partial charge in [-0.15, -0.1) is 0 Å². The number of hydrogen-bond acceptors (Lipinski definition) is 6. The fraction of sp³-hybridized carbons (Fsp3) is 0.667. The number of esters is 1. The minimum absolute atomic E-state index is 0.146. The van der Waals surface area contributed by atoms with Crippen LogP contribution in [0.25, 0.3) is 0 Å². The molecule has 0 rings (SSSR count). The molecule has 0 heterocycles. The Kier molecular flexibility index (Phi) is 7.97. The number of carboxylic acid groups (broad SMARTS) is 1. The van der Waals surface area contributed by atoms with Gasteiger partial charge in [0.15, 0.2) is 0 Å². The summed E-state index contributed by atoms with van der Waals surface area (Å²) in [6.45, 7) is 3.97. The van der Waals surface area contributed by atoms with Crippen LogP contribution < -0.4 is 5.32 Å². The molecule has 0 aromatic carbocycles. The summed E-state index contributed by atoms with van der Waals surface area (Å²) in [6, 6.07) is 0. The number of carbonyl (C=O) groups excluding carboxylic acids is 1. The van der Waals surface area contributed by atoms with Crippen molar-refractivity contribution >= 4 is 11.9 Å². The minimum Gasteiger partial charge on any atom is -0.480 e. The third-order valence-corrected chi connectivity index (χ3v) is 2.62. The van der Waals surface area contributed by atoms with Crippen molar-refractivity contribution in [3.63, 3.8) is 0 Å². The van der Waals surface area contributed by atoms with Crippen LogP contribution in [0.4, 0.5) is 0 Å². The Morgan fingerprint density at radius 2 is 1.79 bits per heavy atom. The fourth-order valence-electron chi connectivity index (χ4n) is 1.52.